The van der Waals surface area contributed by atoms with Crippen LogP contribution in [0.3, 0.4) is 0 Å². The molecule has 43 heavy (non-hydrogen) atoms. The minimum absolute atomic E-state index is 0. The third-order valence-electron chi connectivity index (χ3n) is 9.91. The van der Waals surface area contributed by atoms with Crippen molar-refractivity contribution in [1.29, 1.82) is 0 Å². The summed E-state index contributed by atoms with van der Waals surface area (Å²) in [6.45, 7) is 0. The minimum atomic E-state index is 0. The maximum Gasteiger partial charge on any atom is 0.165 e. The summed E-state index contributed by atoms with van der Waals surface area (Å²) in [5, 5.41) is 14.3. The molecule has 4 aromatic rings. The van der Waals surface area contributed by atoms with Crippen molar-refractivity contribution in [2.45, 2.75) is 78.1 Å². The fourth-order valence-electron chi connectivity index (χ4n) is 7.79. The molecule has 1 N–H and O–H groups in total. The van der Waals surface area contributed by atoms with Crippen LogP contribution in [0.2, 0.25) is 0 Å². The Hall–Kier alpha value is -3.07. The van der Waals surface area contributed by atoms with Gasteiger partial charge in [-0.05, 0) is 73.8 Å². The molecule has 3 nitrogen and oxygen atoms in total. The number of aliphatic hydroxyl groups is 1. The summed E-state index contributed by atoms with van der Waals surface area (Å²) in [7, 11) is 0. The number of pyridine rings is 1. The number of Topliss-reactive ketones (excluding diaryl/α,β-unsaturated/α-hetero) is 1. The Balaban J connectivity index is 0.000000166. The number of rotatable bonds is 4. The molecule has 1 aromatic heterocycles. The number of nitrogens with zero attached hydrogens (tertiary/aromatic N) is 1. The van der Waals surface area contributed by atoms with E-state index in [2.05, 4.69) is 72.8 Å². The molecule has 4 aliphatic rings. The van der Waals surface area contributed by atoms with Crippen LogP contribution in [-0.4, -0.2) is 15.9 Å². The molecule has 4 aliphatic carbocycles. The Morgan fingerprint density at radius 1 is 0.837 bits per heavy atom. The summed E-state index contributed by atoms with van der Waals surface area (Å²) in [5.74, 6) is 1.95. The van der Waals surface area contributed by atoms with Crippen LogP contribution in [0.25, 0.3) is 45.1 Å². The van der Waals surface area contributed by atoms with Gasteiger partial charge in [-0.25, -0.2) is 0 Å². The zero-order valence-electron chi connectivity index (χ0n) is 24.1. The second-order valence-corrected chi connectivity index (χ2v) is 12.4. The van der Waals surface area contributed by atoms with E-state index < -0.39 is 0 Å². The summed E-state index contributed by atoms with van der Waals surface area (Å²) in [4.78, 5) is 17.4. The average Bonchev–Trinajstić information content (AvgIpc) is 3.81. The van der Waals surface area contributed by atoms with E-state index in [0.29, 0.717) is 17.6 Å². The monoisotopic (exact) mass is 749 g/mol. The third kappa shape index (κ3) is 6.15. The van der Waals surface area contributed by atoms with Gasteiger partial charge in [-0.2, -0.15) is 0 Å². The number of hydrogen-bond acceptors (Lipinski definition) is 3. The average molecular weight is 749 g/mol. The molecule has 0 bridgehead atoms. The molecular weight excluding hydrogens is 707 g/mol. The van der Waals surface area contributed by atoms with Gasteiger partial charge in [0.15, 0.2) is 5.78 Å². The molecule has 2 fully saturated rings. The molecule has 1 heterocycles. The number of hydrogen-bond donors (Lipinski definition) is 1. The molecule has 4 heteroatoms. The first-order chi connectivity index (χ1) is 20.2. The van der Waals surface area contributed by atoms with Gasteiger partial charge in [0.2, 0.25) is 0 Å². The van der Waals surface area contributed by atoms with E-state index in [-0.39, 0.29) is 39.2 Å². The molecule has 1 unspecified atom stereocenters. The number of ketones is 1. The van der Waals surface area contributed by atoms with Crippen molar-refractivity contribution >= 4 is 39.6 Å². The van der Waals surface area contributed by atoms with Gasteiger partial charge in [0.25, 0.3) is 0 Å². The smallest absolute Gasteiger partial charge is 0.165 e. The van der Waals surface area contributed by atoms with E-state index in [1.807, 2.05) is 6.07 Å². The predicted octanol–water partition coefficient (Wildman–Crippen LogP) is 10.5. The summed E-state index contributed by atoms with van der Waals surface area (Å²) < 4.78 is 0. The molecule has 1 atom stereocenters. The zero-order chi connectivity index (χ0) is 27.8. The molecule has 0 saturated heterocycles. The van der Waals surface area contributed by atoms with Crippen molar-refractivity contribution in [3.8, 4) is 11.3 Å². The normalized spacial score (nSPS) is 19.7. The molecular formula is C39H42IrNO2-. The molecule has 0 aliphatic heterocycles. The molecule has 225 valence electrons. The van der Waals surface area contributed by atoms with Crippen molar-refractivity contribution in [1.82, 2.24) is 4.98 Å². The Morgan fingerprint density at radius 2 is 1.58 bits per heavy atom. The second kappa shape index (κ2) is 13.7. The number of aromatic nitrogens is 1. The van der Waals surface area contributed by atoms with Gasteiger partial charge in [0, 0.05) is 42.9 Å². The van der Waals surface area contributed by atoms with Crippen LogP contribution in [0, 0.1) is 23.8 Å². The molecule has 3 aromatic carbocycles. The van der Waals surface area contributed by atoms with E-state index in [0.717, 1.165) is 54.5 Å². The summed E-state index contributed by atoms with van der Waals surface area (Å²) in [6, 6.07) is 24.3. The van der Waals surface area contributed by atoms with Crippen molar-refractivity contribution in [2.24, 2.45) is 17.8 Å². The Bertz CT molecular complexity index is 1670. The number of carbonyl (C=O) groups is 1. The van der Waals surface area contributed by atoms with E-state index >= 15 is 0 Å². The van der Waals surface area contributed by atoms with Crippen molar-refractivity contribution in [3.05, 3.63) is 89.2 Å². The maximum atomic E-state index is 12.6. The minimum Gasteiger partial charge on any atom is -0.512 e. The largest absolute Gasteiger partial charge is 0.512 e. The van der Waals surface area contributed by atoms with Crippen LogP contribution in [0.4, 0.5) is 0 Å². The van der Waals surface area contributed by atoms with Gasteiger partial charge in [-0.3, -0.25) is 9.78 Å². The Kier molecular flexibility index (Phi) is 9.99. The van der Waals surface area contributed by atoms with Crippen LogP contribution in [-0.2, 0) is 24.9 Å². The van der Waals surface area contributed by atoms with E-state index in [4.69, 9.17) is 4.98 Å². The van der Waals surface area contributed by atoms with Crippen LogP contribution in [0.15, 0.2) is 72.0 Å². The molecule has 8 rings (SSSR count). The SMILES string of the molecule is C.O=C(C1=C(O)C(C2CCCC2)CCC1)C1CCCC1.[Ir].[c-]1ccc2ccccc2c1-c1cc2c3c(cccc3n1)C=C2. The topological polar surface area (TPSA) is 50.2 Å². The van der Waals surface area contributed by atoms with Crippen molar-refractivity contribution < 1.29 is 30.0 Å². The summed E-state index contributed by atoms with van der Waals surface area (Å²) in [5.41, 5.74) is 6.43. The summed E-state index contributed by atoms with van der Waals surface area (Å²) >= 11 is 0. The van der Waals surface area contributed by atoms with E-state index in [9.17, 15) is 9.90 Å². The van der Waals surface area contributed by atoms with Crippen LogP contribution >= 0.6 is 0 Å². The van der Waals surface area contributed by atoms with Crippen molar-refractivity contribution in [3.63, 3.8) is 0 Å². The zero-order valence-corrected chi connectivity index (χ0v) is 26.5. The van der Waals surface area contributed by atoms with Gasteiger partial charge in [-0.15, -0.1) is 29.1 Å². The second-order valence-electron chi connectivity index (χ2n) is 12.4. The summed E-state index contributed by atoms with van der Waals surface area (Å²) in [6.07, 6.45) is 16.9. The molecule has 0 spiro atoms. The standard InChI is InChI=1S/C21H12N.C17H26O2.CH4.Ir/c1-2-8-17-14(5-1)6-3-9-18(17)20-13-16-12-11-15-7-4-10-19(22-20)21(15)16;18-16(13-8-3-4-9-13)15-11-5-10-14(17(15)19)12-6-1-2-7-12;;/h1-8,10-13H;12-14,19H,1-11H2;1H4;/q-1;;;. The number of aliphatic hydroxyl groups excluding tert-OH is 1. The number of carbonyl (C=O) groups excluding carboxylic acids is 1. The van der Waals surface area contributed by atoms with Gasteiger partial charge < -0.3 is 5.11 Å². The maximum absolute atomic E-state index is 12.6. The van der Waals surface area contributed by atoms with Crippen LogP contribution in [0.1, 0.15) is 89.2 Å². The molecule has 1 radical (unpaired) electrons. The molecule has 0 amide bonds. The van der Waals surface area contributed by atoms with Gasteiger partial charge >= 0.3 is 0 Å². The van der Waals surface area contributed by atoms with E-state index in [1.165, 1.54) is 65.8 Å². The first-order valence-corrected chi connectivity index (χ1v) is 15.7. The fourth-order valence-corrected chi connectivity index (χ4v) is 7.79. The van der Waals surface area contributed by atoms with Gasteiger partial charge in [0.1, 0.15) is 5.76 Å². The number of benzene rings is 3. The quantitative estimate of drug-likeness (QED) is 0.186. The number of fused-ring (bicyclic) bond motifs is 1. The Labute approximate surface area is 269 Å². The molecule has 2 saturated carbocycles. The fraction of sp³-hybridized carbons (Fsp3) is 0.385. The van der Waals surface area contributed by atoms with E-state index in [1.54, 1.807) is 0 Å². The number of allylic oxidation sites excluding steroid dienone is 2. The van der Waals surface area contributed by atoms with Gasteiger partial charge in [-0.1, -0.05) is 93.1 Å². The van der Waals surface area contributed by atoms with Gasteiger partial charge in [0.05, 0.1) is 5.52 Å². The predicted molar refractivity (Wildman–Crippen MR) is 175 cm³/mol. The Morgan fingerprint density at radius 3 is 2.40 bits per heavy atom. The van der Waals surface area contributed by atoms with Crippen LogP contribution in [0.5, 0.6) is 0 Å². The van der Waals surface area contributed by atoms with Crippen LogP contribution < -0.4 is 0 Å². The third-order valence-corrected chi connectivity index (χ3v) is 9.91. The first kappa shape index (κ1) is 31.4. The first-order valence-electron chi connectivity index (χ1n) is 15.7. The van der Waals surface area contributed by atoms with Crippen molar-refractivity contribution in [2.75, 3.05) is 0 Å².